The Kier molecular flexibility index (Phi) is 6.16. The van der Waals surface area contributed by atoms with Gasteiger partial charge in [-0.15, -0.1) is 0 Å². The first-order valence-electron chi connectivity index (χ1n) is 16.4. The van der Waals surface area contributed by atoms with Gasteiger partial charge in [-0.05, 0) is 33.9 Å². The third kappa shape index (κ3) is 4.18. The van der Waals surface area contributed by atoms with Crippen LogP contribution in [0.5, 0.6) is 0 Å². The van der Waals surface area contributed by atoms with Crippen molar-refractivity contribution in [3.8, 4) is 39.9 Å². The maximum atomic E-state index is 5.25. The van der Waals surface area contributed by atoms with E-state index in [9.17, 15) is 0 Å². The maximum absolute atomic E-state index is 5.25. The molecule has 0 amide bonds. The van der Waals surface area contributed by atoms with Crippen LogP contribution in [-0.2, 0) is 5.41 Å². The molecule has 0 spiro atoms. The highest BCUT2D eigenvalue weighted by molar-refractivity contribution is 6.07. The molecule has 226 valence electrons. The highest BCUT2D eigenvalue weighted by atomic mass is 15.2. The van der Waals surface area contributed by atoms with Gasteiger partial charge in [0.2, 0.25) is 5.95 Å². The zero-order chi connectivity index (χ0) is 31.7. The Morgan fingerprint density at radius 3 is 1.87 bits per heavy atom. The largest absolute Gasteiger partial charge is 0.281 e. The molecule has 2 aromatic heterocycles. The quantitative estimate of drug-likeness (QED) is 0.200. The number of allylic oxidation sites excluding steroid dienone is 1. The fourth-order valence-corrected chi connectivity index (χ4v) is 7.96. The summed E-state index contributed by atoms with van der Waals surface area (Å²) in [4.78, 5) is 15.5. The second kappa shape index (κ2) is 10.5. The van der Waals surface area contributed by atoms with Crippen LogP contribution in [0.1, 0.15) is 60.6 Å². The fraction of sp³-hybridized carbons (Fsp3) is 0.140. The topological polar surface area (TPSA) is 43.6 Å². The van der Waals surface area contributed by atoms with Crippen LogP contribution in [-0.4, -0.2) is 19.5 Å². The lowest BCUT2D eigenvalue weighted by atomic mass is 9.79. The lowest BCUT2D eigenvalue weighted by molar-refractivity contribution is 0.633. The van der Waals surface area contributed by atoms with Crippen molar-refractivity contribution in [1.82, 2.24) is 19.5 Å². The third-order valence-electron chi connectivity index (χ3n) is 10.3. The molecule has 7 aromatic rings. The molecule has 0 radical (unpaired) electrons. The van der Waals surface area contributed by atoms with Gasteiger partial charge in [0.1, 0.15) is 0 Å². The Balaban J connectivity index is 1.39. The van der Waals surface area contributed by atoms with Gasteiger partial charge in [0, 0.05) is 45.0 Å². The molecule has 47 heavy (non-hydrogen) atoms. The minimum atomic E-state index is -0.0974. The predicted molar refractivity (Wildman–Crippen MR) is 192 cm³/mol. The van der Waals surface area contributed by atoms with Gasteiger partial charge >= 0.3 is 0 Å². The minimum Gasteiger partial charge on any atom is -0.281 e. The molecule has 2 aliphatic rings. The molecule has 0 saturated heterocycles. The van der Waals surface area contributed by atoms with Crippen molar-refractivity contribution in [1.29, 1.82) is 0 Å². The summed E-state index contributed by atoms with van der Waals surface area (Å²) in [5.74, 6) is 2.35. The minimum absolute atomic E-state index is 0.0974. The maximum Gasteiger partial charge on any atom is 0.238 e. The Bertz CT molecular complexity index is 2280. The molecule has 0 aliphatic heterocycles. The first kappa shape index (κ1) is 27.7. The van der Waals surface area contributed by atoms with E-state index in [1.807, 2.05) is 36.4 Å². The zero-order valence-electron chi connectivity index (χ0n) is 26.7. The number of nitrogens with zero attached hydrogens (tertiary/aromatic N) is 4. The molecule has 2 heterocycles. The van der Waals surface area contributed by atoms with E-state index in [1.165, 1.54) is 44.5 Å². The normalized spacial score (nSPS) is 17.3. The van der Waals surface area contributed by atoms with Gasteiger partial charge in [0.15, 0.2) is 11.6 Å². The Morgan fingerprint density at radius 2 is 1.21 bits per heavy atom. The van der Waals surface area contributed by atoms with Gasteiger partial charge in [0.25, 0.3) is 0 Å². The average Bonchev–Trinajstić information content (AvgIpc) is 3.59. The van der Waals surface area contributed by atoms with Gasteiger partial charge < -0.3 is 0 Å². The lowest BCUT2D eigenvalue weighted by Crippen LogP contribution is -2.16. The molecule has 4 nitrogen and oxygen atoms in total. The highest BCUT2D eigenvalue weighted by Crippen LogP contribution is 2.55. The number of benzene rings is 5. The average molecular weight is 607 g/mol. The first-order chi connectivity index (χ1) is 23.0. The van der Waals surface area contributed by atoms with Crippen molar-refractivity contribution in [2.45, 2.75) is 38.0 Å². The number of fused-ring (bicyclic) bond motifs is 7. The first-order valence-corrected chi connectivity index (χ1v) is 16.4. The smallest absolute Gasteiger partial charge is 0.238 e. The van der Waals surface area contributed by atoms with E-state index in [2.05, 4.69) is 128 Å². The monoisotopic (exact) mass is 606 g/mol. The molecule has 0 saturated carbocycles. The molecule has 0 N–H and O–H groups in total. The summed E-state index contributed by atoms with van der Waals surface area (Å²) >= 11 is 0. The van der Waals surface area contributed by atoms with Crippen LogP contribution in [0.2, 0.25) is 0 Å². The third-order valence-corrected chi connectivity index (χ3v) is 10.3. The SMILES string of the molecule is CC1c2c(c3c4c(ccc3n2-c2nc(-c3ccccc3)nc(-c3ccccc3)n2)C(C)(C)c2ccccc2-4)C=CC1c1ccccc1. The van der Waals surface area contributed by atoms with E-state index >= 15 is 0 Å². The summed E-state index contributed by atoms with van der Waals surface area (Å²) in [6.45, 7) is 7.05. The number of hydrogen-bond donors (Lipinski definition) is 0. The van der Waals surface area contributed by atoms with E-state index in [-0.39, 0.29) is 17.3 Å². The summed E-state index contributed by atoms with van der Waals surface area (Å²) in [5, 5.41) is 1.27. The predicted octanol–water partition coefficient (Wildman–Crippen LogP) is 10.4. The molecule has 5 aromatic carbocycles. The molecule has 0 bridgehead atoms. The Morgan fingerprint density at radius 1 is 0.617 bits per heavy atom. The van der Waals surface area contributed by atoms with Crippen LogP contribution in [0.3, 0.4) is 0 Å². The van der Waals surface area contributed by atoms with E-state index < -0.39 is 0 Å². The highest BCUT2D eigenvalue weighted by Gasteiger charge is 2.39. The Hall–Kier alpha value is -5.61. The van der Waals surface area contributed by atoms with Crippen LogP contribution in [0.15, 0.2) is 133 Å². The molecule has 0 fully saturated rings. The molecule has 4 heteroatoms. The van der Waals surface area contributed by atoms with E-state index in [4.69, 9.17) is 15.0 Å². The summed E-state index contributed by atoms with van der Waals surface area (Å²) in [6.07, 6.45) is 4.76. The fourth-order valence-electron chi connectivity index (χ4n) is 7.96. The van der Waals surface area contributed by atoms with Gasteiger partial charge in [-0.2, -0.15) is 9.97 Å². The number of rotatable bonds is 4. The van der Waals surface area contributed by atoms with Gasteiger partial charge in [-0.1, -0.05) is 154 Å². The molecule has 2 atom stereocenters. The molecule has 2 aliphatic carbocycles. The van der Waals surface area contributed by atoms with Gasteiger partial charge in [-0.25, -0.2) is 4.98 Å². The molecular formula is C43H34N4. The molecule has 2 unspecified atom stereocenters. The zero-order valence-corrected chi connectivity index (χ0v) is 26.7. The van der Waals surface area contributed by atoms with Crippen molar-refractivity contribution in [3.63, 3.8) is 0 Å². The van der Waals surface area contributed by atoms with Gasteiger partial charge in [-0.3, -0.25) is 4.57 Å². The van der Waals surface area contributed by atoms with E-state index in [0.29, 0.717) is 17.6 Å². The molecular weight excluding hydrogens is 573 g/mol. The van der Waals surface area contributed by atoms with Crippen LogP contribution in [0.4, 0.5) is 0 Å². The van der Waals surface area contributed by atoms with Crippen LogP contribution >= 0.6 is 0 Å². The number of aromatic nitrogens is 4. The second-order valence-corrected chi connectivity index (χ2v) is 13.3. The summed E-state index contributed by atoms with van der Waals surface area (Å²) < 4.78 is 2.34. The summed E-state index contributed by atoms with van der Waals surface area (Å²) in [5.41, 5.74) is 12.1. The van der Waals surface area contributed by atoms with Crippen molar-refractivity contribution in [2.24, 2.45) is 0 Å². The van der Waals surface area contributed by atoms with Crippen LogP contribution in [0, 0.1) is 0 Å². The van der Waals surface area contributed by atoms with Gasteiger partial charge in [0.05, 0.1) is 5.52 Å². The second-order valence-electron chi connectivity index (χ2n) is 13.3. The summed E-state index contributed by atoms with van der Waals surface area (Å²) in [7, 11) is 0. The Labute approximate surface area is 275 Å². The van der Waals surface area contributed by atoms with E-state index in [1.54, 1.807) is 0 Å². The standard InChI is InChI=1S/C43H34N4/c1-27-31(28-15-7-4-8-16-28)23-24-33-38-36(26-25-35-37(38)32-21-13-14-22-34(32)43(35,2)3)47(39(27)33)42-45-40(29-17-9-5-10-18-29)44-41(46-42)30-19-11-6-12-20-30/h4-27,31H,1-3H3. The van der Waals surface area contributed by atoms with Crippen LogP contribution in [0.25, 0.3) is 56.8 Å². The van der Waals surface area contributed by atoms with Crippen molar-refractivity contribution in [2.75, 3.05) is 0 Å². The number of hydrogen-bond acceptors (Lipinski definition) is 3. The van der Waals surface area contributed by atoms with Crippen molar-refractivity contribution >= 4 is 17.0 Å². The summed E-state index contributed by atoms with van der Waals surface area (Å²) in [6, 6.07) is 44.9. The molecule has 9 rings (SSSR count). The van der Waals surface area contributed by atoms with E-state index in [0.717, 1.165) is 16.6 Å². The van der Waals surface area contributed by atoms with Crippen molar-refractivity contribution < 1.29 is 0 Å². The lowest BCUT2D eigenvalue weighted by Gasteiger charge is -2.27. The van der Waals surface area contributed by atoms with Crippen molar-refractivity contribution in [3.05, 3.63) is 161 Å². The van der Waals surface area contributed by atoms with Crippen LogP contribution < -0.4 is 0 Å².